The lowest BCUT2D eigenvalue weighted by Crippen LogP contribution is -1.70. The van der Waals surface area contributed by atoms with Gasteiger partial charge >= 0.3 is 0 Å². The zero-order valence-electron chi connectivity index (χ0n) is 5.33. The first-order chi connectivity index (χ1) is 4.86. The highest BCUT2D eigenvalue weighted by Gasteiger charge is 1.92. The predicted molar refractivity (Wildman–Crippen MR) is 39.5 cm³/mol. The van der Waals surface area contributed by atoms with Crippen molar-refractivity contribution in [2.24, 2.45) is 0 Å². The number of nitrogens with zero attached hydrogens (tertiary/aromatic N) is 1. The van der Waals surface area contributed by atoms with Crippen LogP contribution in [-0.4, -0.2) is 10.2 Å². The molecule has 0 aliphatic rings. The number of rotatable bonds is 0. The summed E-state index contributed by atoms with van der Waals surface area (Å²) in [6.07, 6.45) is 1.77. The Morgan fingerprint density at radius 1 is 1.40 bits per heavy atom. The van der Waals surface area contributed by atoms with Crippen molar-refractivity contribution < 1.29 is 0 Å². The van der Waals surface area contributed by atoms with Crippen LogP contribution in [0.4, 0.5) is 0 Å². The van der Waals surface area contributed by atoms with Crippen LogP contribution in [0.1, 0.15) is 5.56 Å². The van der Waals surface area contributed by atoms with E-state index in [1.807, 2.05) is 18.2 Å². The van der Waals surface area contributed by atoms with E-state index in [9.17, 15) is 0 Å². The molecule has 1 heterocycles. The van der Waals surface area contributed by atoms with Gasteiger partial charge in [0.25, 0.3) is 0 Å². The molecule has 0 spiro atoms. The van der Waals surface area contributed by atoms with Gasteiger partial charge in [-0.2, -0.15) is 5.10 Å². The van der Waals surface area contributed by atoms with E-state index in [2.05, 4.69) is 10.2 Å². The minimum atomic E-state index is 0.761. The molecular weight excluding hydrogens is 124 g/mol. The van der Waals surface area contributed by atoms with Crippen molar-refractivity contribution >= 4 is 10.9 Å². The summed E-state index contributed by atoms with van der Waals surface area (Å²) in [5.74, 6) is 0. The molecule has 1 aromatic heterocycles. The van der Waals surface area contributed by atoms with Crippen LogP contribution >= 0.6 is 0 Å². The first-order valence-corrected chi connectivity index (χ1v) is 3.05. The summed E-state index contributed by atoms with van der Waals surface area (Å²) in [6.45, 7) is 5.54. The lowest BCUT2D eigenvalue weighted by atomic mass is 10.2. The van der Waals surface area contributed by atoms with Crippen LogP contribution in [-0.2, 0) is 0 Å². The molecule has 0 amide bonds. The van der Waals surface area contributed by atoms with Crippen LogP contribution < -0.4 is 0 Å². The van der Waals surface area contributed by atoms with E-state index in [1.54, 1.807) is 6.20 Å². The second-order valence-corrected chi connectivity index (χ2v) is 2.22. The zero-order valence-corrected chi connectivity index (χ0v) is 5.33. The molecule has 10 heavy (non-hydrogen) atoms. The molecule has 0 unspecified atom stereocenters. The molecular formula is C8H6N2. The standard InChI is InChI=1S/C8H6N2/c1-6-2-3-7-5-9-10-8(7)4-6/h1-5H,(H,9,10). The molecule has 0 bridgehead atoms. The summed E-state index contributed by atoms with van der Waals surface area (Å²) >= 11 is 0. The van der Waals surface area contributed by atoms with Crippen LogP contribution in [0.2, 0.25) is 0 Å². The number of benzene rings is 1. The van der Waals surface area contributed by atoms with Crippen molar-refractivity contribution in [1.29, 1.82) is 0 Å². The number of fused-ring (bicyclic) bond motifs is 1. The smallest absolute Gasteiger partial charge is 0.0653 e. The lowest BCUT2D eigenvalue weighted by Gasteiger charge is -1.88. The van der Waals surface area contributed by atoms with Gasteiger partial charge in [-0.1, -0.05) is 12.1 Å². The molecule has 2 nitrogen and oxygen atoms in total. The Kier molecular flexibility index (Phi) is 1.01. The molecule has 2 radical (unpaired) electrons. The summed E-state index contributed by atoms with van der Waals surface area (Å²) in [7, 11) is 0. The Balaban J connectivity index is 2.86. The topological polar surface area (TPSA) is 28.7 Å². The average Bonchev–Trinajstić information content (AvgIpc) is 2.33. The first kappa shape index (κ1) is 5.47. The Bertz CT molecular complexity index is 349. The van der Waals surface area contributed by atoms with Crippen LogP contribution in [0.5, 0.6) is 0 Å². The molecule has 1 N–H and O–H groups in total. The third kappa shape index (κ3) is 0.692. The number of aromatic nitrogens is 2. The highest BCUT2D eigenvalue weighted by Crippen LogP contribution is 2.10. The van der Waals surface area contributed by atoms with Gasteiger partial charge < -0.3 is 0 Å². The highest BCUT2D eigenvalue weighted by atomic mass is 15.1. The van der Waals surface area contributed by atoms with Crippen LogP contribution in [0.25, 0.3) is 10.9 Å². The maximum atomic E-state index is 5.54. The molecule has 2 heteroatoms. The maximum Gasteiger partial charge on any atom is 0.0653 e. The second kappa shape index (κ2) is 1.84. The van der Waals surface area contributed by atoms with Crippen molar-refractivity contribution in [3.05, 3.63) is 36.9 Å². The third-order valence-electron chi connectivity index (χ3n) is 1.47. The maximum absolute atomic E-state index is 5.54. The fourth-order valence-corrected chi connectivity index (χ4v) is 0.955. The average molecular weight is 130 g/mol. The SMILES string of the molecule is [CH]c1ccc2cn[nH]c2c1. The van der Waals surface area contributed by atoms with E-state index < -0.39 is 0 Å². The predicted octanol–water partition coefficient (Wildman–Crippen LogP) is 1.62. The molecule has 0 atom stereocenters. The van der Waals surface area contributed by atoms with Crippen molar-refractivity contribution in [2.45, 2.75) is 0 Å². The van der Waals surface area contributed by atoms with Crippen LogP contribution in [0.15, 0.2) is 24.4 Å². The third-order valence-corrected chi connectivity index (χ3v) is 1.47. The van der Waals surface area contributed by atoms with Crippen molar-refractivity contribution in [3.8, 4) is 0 Å². The van der Waals surface area contributed by atoms with E-state index in [-0.39, 0.29) is 0 Å². The Morgan fingerprint density at radius 2 is 2.30 bits per heavy atom. The van der Waals surface area contributed by atoms with E-state index in [0.29, 0.717) is 0 Å². The minimum Gasteiger partial charge on any atom is -0.278 e. The lowest BCUT2D eigenvalue weighted by molar-refractivity contribution is 1.12. The van der Waals surface area contributed by atoms with Crippen molar-refractivity contribution in [2.75, 3.05) is 0 Å². The molecule has 2 aromatic rings. The molecule has 0 saturated heterocycles. The Labute approximate surface area is 58.9 Å². The largest absolute Gasteiger partial charge is 0.278 e. The van der Waals surface area contributed by atoms with Gasteiger partial charge in [-0.3, -0.25) is 5.10 Å². The van der Waals surface area contributed by atoms with Gasteiger partial charge in [0.15, 0.2) is 0 Å². The first-order valence-electron chi connectivity index (χ1n) is 3.05. The molecule has 0 saturated carbocycles. The molecule has 0 aliphatic carbocycles. The summed E-state index contributed by atoms with van der Waals surface area (Å²) in [5.41, 5.74) is 1.75. The van der Waals surface area contributed by atoms with Gasteiger partial charge in [0, 0.05) is 5.39 Å². The minimum absolute atomic E-state index is 0.761. The molecule has 2 rings (SSSR count). The Morgan fingerprint density at radius 3 is 3.20 bits per heavy atom. The van der Waals surface area contributed by atoms with E-state index >= 15 is 0 Å². The number of hydrogen-bond acceptors (Lipinski definition) is 1. The Hall–Kier alpha value is -1.31. The van der Waals surface area contributed by atoms with E-state index in [1.165, 1.54) is 0 Å². The monoisotopic (exact) mass is 130 g/mol. The van der Waals surface area contributed by atoms with E-state index in [0.717, 1.165) is 16.5 Å². The second-order valence-electron chi connectivity index (χ2n) is 2.22. The summed E-state index contributed by atoms with van der Waals surface area (Å²) in [4.78, 5) is 0. The summed E-state index contributed by atoms with van der Waals surface area (Å²) in [5, 5.41) is 7.78. The molecule has 0 fully saturated rings. The van der Waals surface area contributed by atoms with Crippen molar-refractivity contribution in [3.63, 3.8) is 0 Å². The van der Waals surface area contributed by atoms with Crippen LogP contribution in [0, 0.1) is 6.92 Å². The number of H-pyrrole nitrogens is 1. The molecule has 1 aromatic carbocycles. The van der Waals surface area contributed by atoms with Gasteiger partial charge in [0.2, 0.25) is 0 Å². The van der Waals surface area contributed by atoms with E-state index in [4.69, 9.17) is 6.92 Å². The molecule has 48 valence electrons. The van der Waals surface area contributed by atoms with Crippen molar-refractivity contribution in [1.82, 2.24) is 10.2 Å². The summed E-state index contributed by atoms with van der Waals surface area (Å²) < 4.78 is 0. The molecule has 0 aliphatic heterocycles. The van der Waals surface area contributed by atoms with Gasteiger partial charge in [0.1, 0.15) is 0 Å². The normalized spacial score (nSPS) is 10.5. The van der Waals surface area contributed by atoms with Gasteiger partial charge in [-0.05, 0) is 18.6 Å². The summed E-state index contributed by atoms with van der Waals surface area (Å²) in [6, 6.07) is 5.66. The van der Waals surface area contributed by atoms with Crippen LogP contribution in [0.3, 0.4) is 0 Å². The fraction of sp³-hybridized carbons (Fsp3) is 0. The number of nitrogens with one attached hydrogen (secondary N) is 1. The quantitative estimate of drug-likeness (QED) is 0.576. The number of aromatic amines is 1. The zero-order chi connectivity index (χ0) is 6.97. The van der Waals surface area contributed by atoms with Gasteiger partial charge in [-0.25, -0.2) is 0 Å². The van der Waals surface area contributed by atoms with Gasteiger partial charge in [-0.15, -0.1) is 0 Å². The fourth-order valence-electron chi connectivity index (χ4n) is 0.955. The number of hydrogen-bond donors (Lipinski definition) is 1. The van der Waals surface area contributed by atoms with Gasteiger partial charge in [0.05, 0.1) is 11.7 Å². The highest BCUT2D eigenvalue weighted by molar-refractivity contribution is 5.78.